The number of aromatic nitrogens is 2. The molecule has 1 N–H and O–H groups in total. The summed E-state index contributed by atoms with van der Waals surface area (Å²) in [5.74, 6) is 0.983. The van der Waals surface area contributed by atoms with Crippen molar-refractivity contribution in [2.45, 2.75) is 26.6 Å². The predicted molar refractivity (Wildman–Crippen MR) is 122 cm³/mol. The molecule has 4 aromatic rings. The summed E-state index contributed by atoms with van der Waals surface area (Å²) in [6.07, 6.45) is 1.11. The van der Waals surface area contributed by atoms with Gasteiger partial charge in [0, 0.05) is 18.0 Å². The molecule has 32 heavy (non-hydrogen) atoms. The third kappa shape index (κ3) is 5.13. The molecule has 4 rings (SSSR count). The molecule has 2 heterocycles. The van der Waals surface area contributed by atoms with Gasteiger partial charge in [-0.15, -0.1) is 0 Å². The first-order chi connectivity index (χ1) is 15.5. The molecule has 0 aliphatic heterocycles. The molecule has 162 valence electrons. The summed E-state index contributed by atoms with van der Waals surface area (Å²) in [5.41, 5.74) is 2.58. The quantitative estimate of drug-likeness (QED) is 0.480. The second-order valence-electron chi connectivity index (χ2n) is 7.40. The smallest absolute Gasteiger partial charge is 0.265 e. The Morgan fingerprint density at radius 2 is 1.78 bits per heavy atom. The Balaban J connectivity index is 1.35. The van der Waals surface area contributed by atoms with Gasteiger partial charge in [-0.05, 0) is 61.9 Å². The minimum Gasteiger partial charge on any atom is -0.487 e. The van der Waals surface area contributed by atoms with E-state index in [2.05, 4.69) is 10.3 Å². The SMILES string of the molecule is Cc1ccc2nc(COc3ccc(NC(=O)[C@H](C)Oc4ccccc4)cc3)cc(=O)n2c1. The van der Waals surface area contributed by atoms with Crippen LogP contribution in [0, 0.1) is 6.92 Å². The molecule has 0 saturated heterocycles. The van der Waals surface area contributed by atoms with Crippen LogP contribution in [0.2, 0.25) is 0 Å². The third-order valence-electron chi connectivity index (χ3n) is 4.79. The van der Waals surface area contributed by atoms with Crippen molar-refractivity contribution >= 4 is 17.2 Å². The zero-order valence-corrected chi connectivity index (χ0v) is 17.8. The molecule has 0 fully saturated rings. The fourth-order valence-corrected chi connectivity index (χ4v) is 3.12. The Labute approximate surface area is 185 Å². The van der Waals surface area contributed by atoms with Crippen LogP contribution >= 0.6 is 0 Å². The summed E-state index contributed by atoms with van der Waals surface area (Å²) in [4.78, 5) is 29.1. The molecule has 1 atom stereocenters. The van der Waals surface area contributed by atoms with E-state index in [1.165, 1.54) is 10.5 Å². The van der Waals surface area contributed by atoms with Crippen LogP contribution in [0.15, 0.2) is 83.8 Å². The maximum absolute atomic E-state index is 12.4. The number of pyridine rings is 1. The molecule has 7 heteroatoms. The van der Waals surface area contributed by atoms with E-state index in [0.717, 1.165) is 5.56 Å². The summed E-state index contributed by atoms with van der Waals surface area (Å²) in [6.45, 7) is 3.78. The van der Waals surface area contributed by atoms with Crippen molar-refractivity contribution < 1.29 is 14.3 Å². The van der Waals surface area contributed by atoms with Gasteiger partial charge in [-0.1, -0.05) is 24.3 Å². The summed E-state index contributed by atoms with van der Waals surface area (Å²) in [7, 11) is 0. The topological polar surface area (TPSA) is 81.9 Å². The van der Waals surface area contributed by atoms with E-state index in [1.54, 1.807) is 55.6 Å². The molecule has 0 spiro atoms. The molecular formula is C25H23N3O4. The van der Waals surface area contributed by atoms with Crippen molar-refractivity contribution in [1.82, 2.24) is 9.38 Å². The van der Waals surface area contributed by atoms with E-state index in [4.69, 9.17) is 9.47 Å². The number of para-hydroxylation sites is 1. The second kappa shape index (κ2) is 9.34. The van der Waals surface area contributed by atoms with Crippen LogP contribution in [-0.4, -0.2) is 21.4 Å². The number of fused-ring (bicyclic) bond motifs is 1. The van der Waals surface area contributed by atoms with Gasteiger partial charge >= 0.3 is 0 Å². The van der Waals surface area contributed by atoms with Gasteiger partial charge in [0.05, 0.1) is 5.69 Å². The molecule has 2 aromatic heterocycles. The van der Waals surface area contributed by atoms with Crippen LogP contribution < -0.4 is 20.3 Å². The fraction of sp³-hybridized carbons (Fsp3) is 0.160. The van der Waals surface area contributed by atoms with E-state index in [-0.39, 0.29) is 18.1 Å². The Morgan fingerprint density at radius 1 is 1.03 bits per heavy atom. The third-order valence-corrected chi connectivity index (χ3v) is 4.79. The van der Waals surface area contributed by atoms with Crippen LogP contribution in [0.25, 0.3) is 5.65 Å². The molecule has 2 aromatic carbocycles. The number of amides is 1. The molecule has 0 unspecified atom stereocenters. The number of carbonyl (C=O) groups excluding carboxylic acids is 1. The van der Waals surface area contributed by atoms with Crippen molar-refractivity contribution in [1.29, 1.82) is 0 Å². The van der Waals surface area contributed by atoms with Crippen LogP contribution in [0.5, 0.6) is 11.5 Å². The molecule has 1 amide bonds. The van der Waals surface area contributed by atoms with Crippen molar-refractivity contribution in [3.05, 3.63) is 101 Å². The molecule has 0 aliphatic carbocycles. The maximum Gasteiger partial charge on any atom is 0.265 e. The van der Waals surface area contributed by atoms with Crippen molar-refractivity contribution in [3.8, 4) is 11.5 Å². The Morgan fingerprint density at radius 3 is 2.53 bits per heavy atom. The zero-order chi connectivity index (χ0) is 22.5. The van der Waals surface area contributed by atoms with E-state index in [0.29, 0.717) is 28.5 Å². The lowest BCUT2D eigenvalue weighted by Crippen LogP contribution is -2.30. The Bertz CT molecular complexity index is 1280. The zero-order valence-electron chi connectivity index (χ0n) is 17.8. The van der Waals surface area contributed by atoms with Gasteiger partial charge in [0.2, 0.25) is 0 Å². The lowest BCUT2D eigenvalue weighted by molar-refractivity contribution is -0.122. The number of rotatable bonds is 7. The second-order valence-corrected chi connectivity index (χ2v) is 7.40. The number of nitrogens with one attached hydrogen (secondary N) is 1. The molecule has 0 radical (unpaired) electrons. The van der Waals surface area contributed by atoms with E-state index >= 15 is 0 Å². The van der Waals surface area contributed by atoms with Crippen LogP contribution in [0.1, 0.15) is 18.2 Å². The first-order valence-corrected chi connectivity index (χ1v) is 10.2. The average molecular weight is 429 g/mol. The Kier molecular flexibility index (Phi) is 6.17. The lowest BCUT2D eigenvalue weighted by Gasteiger charge is -2.15. The molecular weight excluding hydrogens is 406 g/mol. The summed E-state index contributed by atoms with van der Waals surface area (Å²) in [6, 6.07) is 21.4. The molecule has 7 nitrogen and oxygen atoms in total. The number of aryl methyl sites for hydroxylation is 1. The van der Waals surface area contributed by atoms with Crippen LogP contribution in [0.3, 0.4) is 0 Å². The molecule has 0 bridgehead atoms. The van der Waals surface area contributed by atoms with Crippen LogP contribution in [-0.2, 0) is 11.4 Å². The first kappa shape index (κ1) is 21.1. The number of hydrogen-bond donors (Lipinski definition) is 1. The standard InChI is InChI=1S/C25H23N3O4/c1-17-8-13-23-26-20(14-24(29)28(23)15-17)16-31-21-11-9-19(10-12-21)27-25(30)18(2)32-22-6-4-3-5-7-22/h3-15,18H,16H2,1-2H3,(H,27,30)/t18-/m0/s1. The predicted octanol–water partition coefficient (Wildman–Crippen LogP) is 3.99. The van der Waals surface area contributed by atoms with Crippen molar-refractivity contribution in [3.63, 3.8) is 0 Å². The minimum atomic E-state index is -0.643. The Hall–Kier alpha value is -4.13. The monoisotopic (exact) mass is 429 g/mol. The van der Waals surface area contributed by atoms with E-state index in [1.807, 2.05) is 31.2 Å². The van der Waals surface area contributed by atoms with Gasteiger partial charge in [0.1, 0.15) is 23.8 Å². The number of ether oxygens (including phenoxy) is 2. The molecule has 0 saturated carbocycles. The summed E-state index contributed by atoms with van der Waals surface area (Å²) < 4.78 is 12.9. The van der Waals surface area contributed by atoms with Gasteiger partial charge in [-0.3, -0.25) is 14.0 Å². The van der Waals surface area contributed by atoms with Gasteiger partial charge in [0.25, 0.3) is 11.5 Å². The van der Waals surface area contributed by atoms with Gasteiger partial charge in [0.15, 0.2) is 6.10 Å². The summed E-state index contributed by atoms with van der Waals surface area (Å²) in [5, 5.41) is 2.82. The minimum absolute atomic E-state index is 0.151. The highest BCUT2D eigenvalue weighted by Gasteiger charge is 2.14. The van der Waals surface area contributed by atoms with Gasteiger partial charge in [-0.2, -0.15) is 0 Å². The number of benzene rings is 2. The van der Waals surface area contributed by atoms with Gasteiger partial charge < -0.3 is 14.8 Å². The molecule has 0 aliphatic rings. The lowest BCUT2D eigenvalue weighted by atomic mass is 10.2. The number of anilines is 1. The summed E-state index contributed by atoms with van der Waals surface area (Å²) >= 11 is 0. The van der Waals surface area contributed by atoms with E-state index < -0.39 is 6.10 Å². The fourth-order valence-electron chi connectivity index (χ4n) is 3.12. The number of nitrogens with zero attached hydrogens (tertiary/aromatic N) is 2. The normalized spacial score (nSPS) is 11.7. The van der Waals surface area contributed by atoms with Crippen molar-refractivity contribution in [2.75, 3.05) is 5.32 Å². The number of hydrogen-bond acceptors (Lipinski definition) is 5. The van der Waals surface area contributed by atoms with Gasteiger partial charge in [-0.25, -0.2) is 4.98 Å². The average Bonchev–Trinajstić information content (AvgIpc) is 2.80. The van der Waals surface area contributed by atoms with E-state index in [9.17, 15) is 9.59 Å². The van der Waals surface area contributed by atoms with Crippen molar-refractivity contribution in [2.24, 2.45) is 0 Å². The first-order valence-electron chi connectivity index (χ1n) is 10.2. The maximum atomic E-state index is 12.4. The highest BCUT2D eigenvalue weighted by Crippen LogP contribution is 2.18. The highest BCUT2D eigenvalue weighted by atomic mass is 16.5. The van der Waals surface area contributed by atoms with Crippen LogP contribution in [0.4, 0.5) is 5.69 Å². The highest BCUT2D eigenvalue weighted by molar-refractivity contribution is 5.94. The largest absolute Gasteiger partial charge is 0.487 e. The number of carbonyl (C=O) groups is 1.